The molecule has 0 fully saturated rings. The molecule has 0 aliphatic heterocycles. The summed E-state index contributed by atoms with van der Waals surface area (Å²) in [6, 6.07) is 12.5. The minimum Gasteiger partial charge on any atom is -0.354 e. The molecule has 7 heteroatoms. The molecule has 158 valence electrons. The predicted octanol–water partition coefficient (Wildman–Crippen LogP) is 4.25. The van der Waals surface area contributed by atoms with Gasteiger partial charge in [-0.25, -0.2) is 8.42 Å². The Balaban J connectivity index is 2.10. The average Bonchev–Trinajstić information content (AvgIpc) is 2.65. The van der Waals surface area contributed by atoms with E-state index in [2.05, 4.69) is 29.6 Å². The molecule has 2 aromatic rings. The lowest BCUT2D eigenvalue weighted by Gasteiger charge is -2.31. The van der Waals surface area contributed by atoms with Crippen molar-refractivity contribution in [2.45, 2.75) is 46.1 Å². The van der Waals surface area contributed by atoms with Gasteiger partial charge in [-0.05, 0) is 56.4 Å². The van der Waals surface area contributed by atoms with Crippen LogP contribution in [-0.2, 0) is 21.2 Å². The van der Waals surface area contributed by atoms with Crippen LogP contribution in [0.5, 0.6) is 0 Å². The maximum absolute atomic E-state index is 12.8. The molecule has 1 unspecified atom stereocenters. The standard InChI is InChI=1S/C22H29ClN2O3S/c1-5-20(22(26)24-14-6-7-18-11-8-16(2)9-12-18)25(29(4,27)28)21-15-19(23)13-10-17(21)3/h8-13,15,20H,5-7,14H2,1-4H3,(H,24,26). The lowest BCUT2D eigenvalue weighted by atomic mass is 10.1. The summed E-state index contributed by atoms with van der Waals surface area (Å²) in [5.41, 5.74) is 3.60. The van der Waals surface area contributed by atoms with E-state index in [1.54, 1.807) is 32.0 Å². The normalized spacial score (nSPS) is 12.4. The molecule has 0 bridgehead atoms. The Morgan fingerprint density at radius 1 is 1.14 bits per heavy atom. The van der Waals surface area contributed by atoms with Gasteiger partial charge in [0.2, 0.25) is 15.9 Å². The van der Waals surface area contributed by atoms with Gasteiger partial charge in [-0.1, -0.05) is 54.4 Å². The second kappa shape index (κ2) is 10.1. The molecule has 5 nitrogen and oxygen atoms in total. The van der Waals surface area contributed by atoms with E-state index < -0.39 is 16.1 Å². The van der Waals surface area contributed by atoms with Gasteiger partial charge < -0.3 is 5.32 Å². The number of anilines is 1. The number of hydrogen-bond acceptors (Lipinski definition) is 3. The quantitative estimate of drug-likeness (QED) is 0.597. The topological polar surface area (TPSA) is 66.5 Å². The predicted molar refractivity (Wildman–Crippen MR) is 120 cm³/mol. The summed E-state index contributed by atoms with van der Waals surface area (Å²) in [7, 11) is -3.68. The van der Waals surface area contributed by atoms with Crippen LogP contribution in [0.25, 0.3) is 0 Å². The minimum absolute atomic E-state index is 0.304. The van der Waals surface area contributed by atoms with Crippen LogP contribution in [0, 0.1) is 13.8 Å². The molecular formula is C22H29ClN2O3S. The average molecular weight is 437 g/mol. The van der Waals surface area contributed by atoms with E-state index in [9.17, 15) is 13.2 Å². The van der Waals surface area contributed by atoms with Gasteiger partial charge in [0.25, 0.3) is 0 Å². The third kappa shape index (κ3) is 6.47. The van der Waals surface area contributed by atoms with Crippen molar-refractivity contribution in [1.82, 2.24) is 5.32 Å². The molecule has 0 aromatic heterocycles. The summed E-state index contributed by atoms with van der Waals surface area (Å²) < 4.78 is 26.3. The van der Waals surface area contributed by atoms with Gasteiger partial charge in [-0.3, -0.25) is 9.10 Å². The van der Waals surface area contributed by atoms with Crippen LogP contribution in [0.2, 0.25) is 5.02 Å². The second-order valence-electron chi connectivity index (χ2n) is 7.29. The summed E-state index contributed by atoms with van der Waals surface area (Å²) in [5, 5.41) is 3.32. The molecule has 2 rings (SSSR count). The van der Waals surface area contributed by atoms with Crippen LogP contribution in [0.1, 0.15) is 36.5 Å². The monoisotopic (exact) mass is 436 g/mol. The zero-order valence-electron chi connectivity index (χ0n) is 17.4. The number of nitrogens with one attached hydrogen (secondary N) is 1. The molecule has 2 aromatic carbocycles. The molecule has 1 atom stereocenters. The fourth-order valence-electron chi connectivity index (χ4n) is 3.23. The largest absolute Gasteiger partial charge is 0.354 e. The van der Waals surface area contributed by atoms with Gasteiger partial charge in [0.05, 0.1) is 11.9 Å². The van der Waals surface area contributed by atoms with E-state index in [1.165, 1.54) is 15.4 Å². The van der Waals surface area contributed by atoms with E-state index in [0.717, 1.165) is 24.7 Å². The highest BCUT2D eigenvalue weighted by molar-refractivity contribution is 7.92. The molecule has 0 spiro atoms. The summed E-state index contributed by atoms with van der Waals surface area (Å²) >= 11 is 6.09. The lowest BCUT2D eigenvalue weighted by Crippen LogP contribution is -2.49. The van der Waals surface area contributed by atoms with Gasteiger partial charge in [-0.15, -0.1) is 0 Å². The van der Waals surface area contributed by atoms with Crippen molar-refractivity contribution < 1.29 is 13.2 Å². The number of hydrogen-bond donors (Lipinski definition) is 1. The molecule has 0 saturated carbocycles. The first-order valence-corrected chi connectivity index (χ1v) is 11.9. The van der Waals surface area contributed by atoms with Gasteiger partial charge in [0.1, 0.15) is 6.04 Å². The maximum atomic E-state index is 12.8. The molecule has 0 aliphatic carbocycles. The number of carbonyl (C=O) groups is 1. The summed E-state index contributed by atoms with van der Waals surface area (Å²) in [6.07, 6.45) is 3.09. The number of nitrogens with zero attached hydrogens (tertiary/aromatic N) is 1. The number of amides is 1. The fraction of sp³-hybridized carbons (Fsp3) is 0.409. The van der Waals surface area contributed by atoms with Crippen molar-refractivity contribution in [3.05, 3.63) is 64.2 Å². The molecule has 1 amide bonds. The van der Waals surface area contributed by atoms with Crippen LogP contribution in [-0.4, -0.2) is 33.2 Å². The summed E-state index contributed by atoms with van der Waals surface area (Å²) in [5.74, 6) is -0.304. The van der Waals surface area contributed by atoms with Gasteiger partial charge in [0.15, 0.2) is 0 Å². The van der Waals surface area contributed by atoms with E-state index >= 15 is 0 Å². The Hall–Kier alpha value is -2.05. The van der Waals surface area contributed by atoms with Crippen LogP contribution >= 0.6 is 11.6 Å². The number of benzene rings is 2. The number of sulfonamides is 1. The van der Waals surface area contributed by atoms with E-state index in [-0.39, 0.29) is 5.91 Å². The summed E-state index contributed by atoms with van der Waals surface area (Å²) in [4.78, 5) is 12.8. The zero-order chi connectivity index (χ0) is 21.6. The summed E-state index contributed by atoms with van der Waals surface area (Å²) in [6.45, 7) is 6.13. The first-order chi connectivity index (χ1) is 13.6. The van der Waals surface area contributed by atoms with E-state index in [0.29, 0.717) is 23.7 Å². The smallest absolute Gasteiger partial charge is 0.243 e. The Morgan fingerprint density at radius 2 is 1.79 bits per heavy atom. The van der Waals surface area contributed by atoms with Crippen molar-refractivity contribution in [3.8, 4) is 0 Å². The fourth-order valence-corrected chi connectivity index (χ4v) is 4.66. The van der Waals surface area contributed by atoms with Crippen molar-refractivity contribution >= 4 is 33.2 Å². The van der Waals surface area contributed by atoms with E-state index in [4.69, 9.17) is 11.6 Å². The third-order valence-corrected chi connectivity index (χ3v) is 6.20. The van der Waals surface area contributed by atoms with Gasteiger partial charge in [-0.2, -0.15) is 0 Å². The molecule has 0 radical (unpaired) electrons. The highest BCUT2D eigenvalue weighted by Crippen LogP contribution is 2.29. The highest BCUT2D eigenvalue weighted by atomic mass is 35.5. The molecule has 0 saturated heterocycles. The van der Waals surface area contributed by atoms with Gasteiger partial charge >= 0.3 is 0 Å². The molecule has 0 aliphatic rings. The lowest BCUT2D eigenvalue weighted by molar-refractivity contribution is -0.122. The molecule has 1 N–H and O–H groups in total. The SMILES string of the molecule is CCC(C(=O)NCCCc1ccc(C)cc1)N(c1cc(Cl)ccc1C)S(C)(=O)=O. The Morgan fingerprint density at radius 3 is 2.38 bits per heavy atom. The van der Waals surface area contributed by atoms with Crippen molar-refractivity contribution in [2.75, 3.05) is 17.1 Å². The first-order valence-electron chi connectivity index (χ1n) is 9.72. The molecular weight excluding hydrogens is 408 g/mol. The van der Waals surface area contributed by atoms with Crippen molar-refractivity contribution in [1.29, 1.82) is 0 Å². The molecule has 29 heavy (non-hydrogen) atoms. The Kier molecular flexibility index (Phi) is 8.11. The van der Waals surface area contributed by atoms with Crippen LogP contribution < -0.4 is 9.62 Å². The zero-order valence-corrected chi connectivity index (χ0v) is 19.0. The number of rotatable bonds is 9. The van der Waals surface area contributed by atoms with Crippen molar-refractivity contribution in [3.63, 3.8) is 0 Å². The van der Waals surface area contributed by atoms with Crippen LogP contribution in [0.15, 0.2) is 42.5 Å². The van der Waals surface area contributed by atoms with Crippen LogP contribution in [0.4, 0.5) is 5.69 Å². The second-order valence-corrected chi connectivity index (χ2v) is 9.59. The first kappa shape index (κ1) is 23.2. The highest BCUT2D eigenvalue weighted by Gasteiger charge is 2.32. The van der Waals surface area contributed by atoms with Crippen LogP contribution in [0.3, 0.4) is 0 Å². The Labute approximate surface area is 179 Å². The number of halogens is 1. The number of carbonyl (C=O) groups excluding carboxylic acids is 1. The van der Waals surface area contributed by atoms with Crippen molar-refractivity contribution in [2.24, 2.45) is 0 Å². The Bertz CT molecular complexity index is 943. The minimum atomic E-state index is -3.68. The molecule has 0 heterocycles. The van der Waals surface area contributed by atoms with E-state index in [1.807, 2.05) is 6.92 Å². The third-order valence-electron chi connectivity index (χ3n) is 4.80. The number of aryl methyl sites for hydroxylation is 3. The van der Waals surface area contributed by atoms with Gasteiger partial charge in [0, 0.05) is 11.6 Å². The maximum Gasteiger partial charge on any atom is 0.243 e.